The van der Waals surface area contributed by atoms with Gasteiger partial charge in [0.15, 0.2) is 0 Å². The molecule has 0 aliphatic carbocycles. The molecule has 1 aliphatic heterocycles. The van der Waals surface area contributed by atoms with Crippen LogP contribution in [0.2, 0.25) is 5.02 Å². The lowest BCUT2D eigenvalue weighted by Gasteiger charge is -2.19. The molecule has 0 unspecified atom stereocenters. The summed E-state index contributed by atoms with van der Waals surface area (Å²) in [5.41, 5.74) is 2.96. The smallest absolute Gasteiger partial charge is 0.282 e. The molecule has 0 bridgehead atoms. The van der Waals surface area contributed by atoms with E-state index in [2.05, 4.69) is 5.32 Å². The number of amides is 2. The van der Waals surface area contributed by atoms with E-state index in [1.54, 1.807) is 60.7 Å². The fourth-order valence-corrected chi connectivity index (χ4v) is 3.80. The van der Waals surface area contributed by atoms with E-state index < -0.39 is 11.8 Å². The maximum Gasteiger partial charge on any atom is 0.282 e. The van der Waals surface area contributed by atoms with E-state index in [1.165, 1.54) is 7.11 Å². The fourth-order valence-electron chi connectivity index (χ4n) is 3.67. The molecule has 0 atom stereocenters. The van der Waals surface area contributed by atoms with Crippen molar-refractivity contribution in [3.8, 4) is 11.5 Å². The van der Waals surface area contributed by atoms with Gasteiger partial charge in [-0.3, -0.25) is 9.59 Å². The molecule has 0 saturated heterocycles. The van der Waals surface area contributed by atoms with Crippen LogP contribution in [0.5, 0.6) is 11.5 Å². The maximum absolute atomic E-state index is 13.6. The maximum atomic E-state index is 13.6. The summed E-state index contributed by atoms with van der Waals surface area (Å²) < 4.78 is 10.9. The van der Waals surface area contributed by atoms with Crippen molar-refractivity contribution in [1.82, 2.24) is 0 Å². The lowest BCUT2D eigenvalue weighted by Crippen LogP contribution is -2.32. The molecule has 1 aliphatic rings. The molecule has 1 N–H and O–H groups in total. The largest absolute Gasteiger partial charge is 0.495 e. The second kappa shape index (κ2) is 9.38. The third-order valence-electron chi connectivity index (χ3n) is 5.23. The van der Waals surface area contributed by atoms with Gasteiger partial charge in [-0.25, -0.2) is 4.90 Å². The van der Waals surface area contributed by atoms with Crippen LogP contribution < -0.4 is 19.7 Å². The van der Waals surface area contributed by atoms with Crippen molar-refractivity contribution in [2.75, 3.05) is 23.9 Å². The van der Waals surface area contributed by atoms with Crippen LogP contribution in [-0.4, -0.2) is 25.5 Å². The molecule has 4 rings (SSSR count). The van der Waals surface area contributed by atoms with Crippen molar-refractivity contribution in [1.29, 1.82) is 0 Å². The molecule has 33 heavy (non-hydrogen) atoms. The van der Waals surface area contributed by atoms with E-state index >= 15 is 0 Å². The summed E-state index contributed by atoms with van der Waals surface area (Å²) in [4.78, 5) is 28.4. The molecule has 3 aromatic rings. The number of ether oxygens (including phenoxy) is 2. The summed E-state index contributed by atoms with van der Waals surface area (Å²) in [6.07, 6.45) is 0. The highest BCUT2D eigenvalue weighted by Crippen LogP contribution is 2.38. The average molecular weight is 463 g/mol. The minimum Gasteiger partial charge on any atom is -0.495 e. The number of halogens is 1. The molecule has 2 amide bonds. The summed E-state index contributed by atoms with van der Waals surface area (Å²) in [5, 5.41) is 3.68. The number of aryl methyl sites for hydroxylation is 1. The number of methoxy groups -OCH3 is 1. The van der Waals surface area contributed by atoms with Crippen LogP contribution in [0.15, 0.2) is 72.4 Å². The van der Waals surface area contributed by atoms with Gasteiger partial charge in [0, 0.05) is 10.7 Å². The predicted octanol–water partition coefficient (Wildman–Crippen LogP) is 5.45. The molecular weight excluding hydrogens is 440 g/mol. The highest BCUT2D eigenvalue weighted by molar-refractivity contribution is 6.46. The van der Waals surface area contributed by atoms with Gasteiger partial charge in [0.2, 0.25) is 0 Å². The number of hydrogen-bond acceptors (Lipinski definition) is 5. The van der Waals surface area contributed by atoms with Crippen LogP contribution in [-0.2, 0) is 9.59 Å². The Balaban J connectivity index is 1.80. The van der Waals surface area contributed by atoms with Crippen molar-refractivity contribution >= 4 is 40.4 Å². The standard InChI is InChI=1S/C26H23ClN2O4/c1-4-33-20-12-10-19(11-13-20)28-24-23(17-6-8-18(27)9-7-17)25(30)29(26(24)31)21-15-16(2)5-14-22(21)32-3/h5-15,28H,4H2,1-3H3. The van der Waals surface area contributed by atoms with Crippen molar-refractivity contribution < 1.29 is 19.1 Å². The van der Waals surface area contributed by atoms with E-state index in [0.29, 0.717) is 34.3 Å². The van der Waals surface area contributed by atoms with Gasteiger partial charge in [0.1, 0.15) is 17.2 Å². The van der Waals surface area contributed by atoms with Crippen molar-refractivity contribution in [2.45, 2.75) is 13.8 Å². The molecule has 0 fully saturated rings. The lowest BCUT2D eigenvalue weighted by molar-refractivity contribution is -0.120. The topological polar surface area (TPSA) is 67.9 Å². The quantitative estimate of drug-likeness (QED) is 0.473. The Kier molecular flexibility index (Phi) is 6.38. The van der Waals surface area contributed by atoms with Gasteiger partial charge < -0.3 is 14.8 Å². The number of imide groups is 1. The molecular formula is C26H23ClN2O4. The number of rotatable bonds is 7. The van der Waals surface area contributed by atoms with Gasteiger partial charge in [-0.2, -0.15) is 0 Å². The Labute approximate surface area is 197 Å². The number of carbonyl (C=O) groups excluding carboxylic acids is 2. The molecule has 7 heteroatoms. The first-order valence-electron chi connectivity index (χ1n) is 10.5. The van der Waals surface area contributed by atoms with Crippen LogP contribution in [0.4, 0.5) is 11.4 Å². The van der Waals surface area contributed by atoms with E-state index in [4.69, 9.17) is 21.1 Å². The molecule has 0 saturated carbocycles. The zero-order valence-corrected chi connectivity index (χ0v) is 19.3. The number of carbonyl (C=O) groups is 2. The fraction of sp³-hybridized carbons (Fsp3) is 0.154. The summed E-state index contributed by atoms with van der Waals surface area (Å²) in [6.45, 7) is 4.35. The van der Waals surface area contributed by atoms with Crippen LogP contribution in [0.25, 0.3) is 5.57 Å². The summed E-state index contributed by atoms with van der Waals surface area (Å²) in [6, 6.07) is 19.4. The molecule has 168 valence electrons. The minimum atomic E-state index is -0.470. The summed E-state index contributed by atoms with van der Waals surface area (Å²) in [5.74, 6) is 0.234. The van der Waals surface area contributed by atoms with Crippen molar-refractivity contribution in [2.24, 2.45) is 0 Å². The molecule has 0 spiro atoms. The highest BCUT2D eigenvalue weighted by Gasteiger charge is 2.41. The van der Waals surface area contributed by atoms with Gasteiger partial charge in [0.05, 0.1) is 25.0 Å². The molecule has 0 aromatic heterocycles. The summed E-state index contributed by atoms with van der Waals surface area (Å²) >= 11 is 6.05. The van der Waals surface area contributed by atoms with Crippen molar-refractivity contribution in [3.05, 3.63) is 88.6 Å². The molecule has 6 nitrogen and oxygen atoms in total. The Morgan fingerprint density at radius 3 is 2.27 bits per heavy atom. The van der Waals surface area contributed by atoms with Gasteiger partial charge in [-0.1, -0.05) is 29.8 Å². The third kappa shape index (κ3) is 4.43. The Hall–Kier alpha value is -3.77. The van der Waals surface area contributed by atoms with Crippen LogP contribution in [0.3, 0.4) is 0 Å². The van der Waals surface area contributed by atoms with Gasteiger partial charge in [-0.05, 0) is 73.5 Å². The normalized spacial score (nSPS) is 13.5. The van der Waals surface area contributed by atoms with Crippen LogP contribution in [0.1, 0.15) is 18.1 Å². The van der Waals surface area contributed by atoms with Crippen LogP contribution in [0, 0.1) is 6.92 Å². The Morgan fingerprint density at radius 1 is 0.939 bits per heavy atom. The Morgan fingerprint density at radius 2 is 1.64 bits per heavy atom. The number of anilines is 2. The Bertz CT molecular complexity index is 1230. The first-order chi connectivity index (χ1) is 15.9. The first-order valence-corrected chi connectivity index (χ1v) is 10.8. The minimum absolute atomic E-state index is 0.176. The van der Waals surface area contributed by atoms with E-state index in [0.717, 1.165) is 16.2 Å². The van der Waals surface area contributed by atoms with Gasteiger partial charge >= 0.3 is 0 Å². The third-order valence-corrected chi connectivity index (χ3v) is 5.48. The predicted molar refractivity (Wildman–Crippen MR) is 130 cm³/mol. The van der Waals surface area contributed by atoms with Gasteiger partial charge in [-0.15, -0.1) is 0 Å². The summed E-state index contributed by atoms with van der Waals surface area (Å²) in [7, 11) is 1.51. The molecule has 1 heterocycles. The SMILES string of the molecule is CCOc1ccc(NC2=C(c3ccc(Cl)cc3)C(=O)N(c3cc(C)ccc3OC)C2=O)cc1. The lowest BCUT2D eigenvalue weighted by atomic mass is 10.0. The van der Waals surface area contributed by atoms with Crippen LogP contribution >= 0.6 is 11.6 Å². The number of benzene rings is 3. The first kappa shape index (κ1) is 22.4. The number of nitrogens with zero attached hydrogens (tertiary/aromatic N) is 1. The van der Waals surface area contributed by atoms with E-state index in [1.807, 2.05) is 19.9 Å². The van der Waals surface area contributed by atoms with E-state index in [-0.39, 0.29) is 11.3 Å². The molecule has 0 radical (unpaired) electrons. The second-order valence-corrected chi connectivity index (χ2v) is 7.90. The average Bonchev–Trinajstić information content (AvgIpc) is 3.05. The monoisotopic (exact) mass is 462 g/mol. The number of hydrogen-bond donors (Lipinski definition) is 1. The van der Waals surface area contributed by atoms with Crippen molar-refractivity contribution in [3.63, 3.8) is 0 Å². The molecule has 3 aromatic carbocycles. The van der Waals surface area contributed by atoms with Gasteiger partial charge in [0.25, 0.3) is 11.8 Å². The zero-order chi connectivity index (χ0) is 23.5. The van der Waals surface area contributed by atoms with E-state index in [9.17, 15) is 9.59 Å². The zero-order valence-electron chi connectivity index (χ0n) is 18.5. The number of nitrogens with one attached hydrogen (secondary N) is 1. The second-order valence-electron chi connectivity index (χ2n) is 7.46. The highest BCUT2D eigenvalue weighted by atomic mass is 35.5.